The van der Waals surface area contributed by atoms with E-state index in [0.29, 0.717) is 18.3 Å². The van der Waals surface area contributed by atoms with Gasteiger partial charge in [0.25, 0.3) is 0 Å². The van der Waals surface area contributed by atoms with Crippen LogP contribution in [0, 0.1) is 25.7 Å². The summed E-state index contributed by atoms with van der Waals surface area (Å²) in [4.78, 5) is 12.3. The summed E-state index contributed by atoms with van der Waals surface area (Å²) in [7, 11) is 1.97. The second-order valence-corrected chi connectivity index (χ2v) is 7.21. The molecule has 130 valence electrons. The highest BCUT2D eigenvalue weighted by Crippen LogP contribution is 2.24. The molecular weight excluding hydrogens is 288 g/mol. The summed E-state index contributed by atoms with van der Waals surface area (Å²) in [5.74, 6) is 1.33. The molecule has 1 aliphatic heterocycles. The summed E-state index contributed by atoms with van der Waals surface area (Å²) in [5.41, 5.74) is 3.51. The number of amides is 1. The largest absolute Gasteiger partial charge is 0.353 e. The number of hydrogen-bond acceptors (Lipinski definition) is 3. The number of carbonyl (C=O) groups excluding carboxylic acids is 1. The fourth-order valence-electron chi connectivity index (χ4n) is 3.68. The summed E-state index contributed by atoms with van der Waals surface area (Å²) in [5, 5.41) is 11.0. The molecule has 0 aromatic carbocycles. The van der Waals surface area contributed by atoms with E-state index in [1.807, 2.05) is 18.7 Å². The number of rotatable bonds is 6. The Bertz CT molecular complexity index is 531. The summed E-state index contributed by atoms with van der Waals surface area (Å²) < 4.78 is 1.92. The number of hydrogen-bond donors (Lipinski definition) is 2. The Labute approximate surface area is 140 Å². The quantitative estimate of drug-likeness (QED) is 0.844. The van der Waals surface area contributed by atoms with Crippen molar-refractivity contribution < 1.29 is 4.79 Å². The SMILES string of the molecule is Cc1nn(C)c(C)c1CC(C)NC(=O)CC(C)C1CCNCC1. The first-order valence-electron chi connectivity index (χ1n) is 8.87. The molecule has 2 atom stereocenters. The smallest absolute Gasteiger partial charge is 0.220 e. The van der Waals surface area contributed by atoms with Crippen LogP contribution in [0.15, 0.2) is 0 Å². The normalized spacial score (nSPS) is 18.7. The van der Waals surface area contributed by atoms with Gasteiger partial charge < -0.3 is 10.6 Å². The van der Waals surface area contributed by atoms with Crippen LogP contribution in [-0.4, -0.2) is 34.8 Å². The Hall–Kier alpha value is -1.36. The highest BCUT2D eigenvalue weighted by Gasteiger charge is 2.23. The molecule has 0 spiro atoms. The third-order valence-electron chi connectivity index (χ3n) is 5.27. The van der Waals surface area contributed by atoms with E-state index in [4.69, 9.17) is 0 Å². The number of carbonyl (C=O) groups is 1. The Balaban J connectivity index is 1.82. The molecule has 23 heavy (non-hydrogen) atoms. The highest BCUT2D eigenvalue weighted by molar-refractivity contribution is 5.76. The molecule has 0 bridgehead atoms. The zero-order chi connectivity index (χ0) is 17.0. The lowest BCUT2D eigenvalue weighted by atomic mass is 9.84. The molecule has 1 aliphatic rings. The molecular formula is C18H32N4O. The molecule has 2 unspecified atom stereocenters. The number of aromatic nitrogens is 2. The first-order chi connectivity index (χ1) is 10.9. The molecule has 0 aliphatic carbocycles. The van der Waals surface area contributed by atoms with Crippen molar-refractivity contribution in [3.8, 4) is 0 Å². The van der Waals surface area contributed by atoms with Crippen molar-refractivity contribution in [1.82, 2.24) is 20.4 Å². The summed E-state index contributed by atoms with van der Waals surface area (Å²) in [6.07, 6.45) is 3.87. The van der Waals surface area contributed by atoms with Crippen molar-refractivity contribution in [2.45, 2.75) is 59.4 Å². The zero-order valence-corrected chi connectivity index (χ0v) is 15.3. The molecule has 1 saturated heterocycles. The van der Waals surface area contributed by atoms with E-state index in [0.717, 1.165) is 25.2 Å². The molecule has 1 fully saturated rings. The van der Waals surface area contributed by atoms with E-state index in [-0.39, 0.29) is 11.9 Å². The molecule has 2 N–H and O–H groups in total. The third kappa shape index (κ3) is 4.80. The van der Waals surface area contributed by atoms with Crippen LogP contribution in [0.3, 0.4) is 0 Å². The van der Waals surface area contributed by atoms with Gasteiger partial charge in [-0.25, -0.2) is 0 Å². The van der Waals surface area contributed by atoms with E-state index in [9.17, 15) is 4.79 Å². The molecule has 5 heteroatoms. The average Bonchev–Trinajstić information content (AvgIpc) is 2.74. The summed E-state index contributed by atoms with van der Waals surface area (Å²) in [6.45, 7) is 10.6. The van der Waals surface area contributed by atoms with E-state index in [1.54, 1.807) is 0 Å². The molecule has 5 nitrogen and oxygen atoms in total. The average molecular weight is 320 g/mol. The van der Waals surface area contributed by atoms with Gasteiger partial charge in [-0.05, 0) is 70.5 Å². The Morgan fingerprint density at radius 1 is 1.35 bits per heavy atom. The minimum absolute atomic E-state index is 0.143. The summed E-state index contributed by atoms with van der Waals surface area (Å²) >= 11 is 0. The second-order valence-electron chi connectivity index (χ2n) is 7.21. The number of nitrogens with zero attached hydrogens (tertiary/aromatic N) is 2. The van der Waals surface area contributed by atoms with Gasteiger partial charge in [0.15, 0.2) is 0 Å². The second kappa shape index (κ2) is 7.95. The van der Waals surface area contributed by atoms with Gasteiger partial charge in [-0.15, -0.1) is 0 Å². The first-order valence-corrected chi connectivity index (χ1v) is 8.87. The van der Waals surface area contributed by atoms with E-state index >= 15 is 0 Å². The van der Waals surface area contributed by atoms with Crippen molar-refractivity contribution in [3.05, 3.63) is 17.0 Å². The van der Waals surface area contributed by atoms with Crippen molar-refractivity contribution in [3.63, 3.8) is 0 Å². The molecule has 2 heterocycles. The fourth-order valence-corrected chi connectivity index (χ4v) is 3.68. The Morgan fingerprint density at radius 2 is 2.00 bits per heavy atom. The van der Waals surface area contributed by atoms with E-state index < -0.39 is 0 Å². The van der Waals surface area contributed by atoms with E-state index in [2.05, 4.69) is 36.5 Å². The maximum atomic E-state index is 12.3. The molecule has 0 radical (unpaired) electrons. The third-order valence-corrected chi connectivity index (χ3v) is 5.27. The van der Waals surface area contributed by atoms with Crippen molar-refractivity contribution >= 4 is 5.91 Å². The fraction of sp³-hybridized carbons (Fsp3) is 0.778. The van der Waals surface area contributed by atoms with Crippen molar-refractivity contribution in [2.75, 3.05) is 13.1 Å². The standard InChI is InChI=1S/C18H32N4O/c1-12(16-6-8-19-9-7-16)10-18(23)20-13(2)11-17-14(3)21-22(5)15(17)4/h12-13,16,19H,6-11H2,1-5H3,(H,20,23). The predicted octanol–water partition coefficient (Wildman–Crippen LogP) is 2.11. The van der Waals surface area contributed by atoms with Gasteiger partial charge in [0.1, 0.15) is 0 Å². The van der Waals surface area contributed by atoms with Gasteiger partial charge in [0.2, 0.25) is 5.91 Å². The van der Waals surface area contributed by atoms with E-state index in [1.165, 1.54) is 24.1 Å². The number of piperidine rings is 1. The van der Waals surface area contributed by atoms with Gasteiger partial charge in [-0.2, -0.15) is 5.10 Å². The monoisotopic (exact) mass is 320 g/mol. The molecule has 1 aromatic heterocycles. The van der Waals surface area contributed by atoms with Crippen LogP contribution < -0.4 is 10.6 Å². The molecule has 0 saturated carbocycles. The molecule has 1 amide bonds. The van der Waals surface area contributed by atoms with Crippen molar-refractivity contribution in [2.24, 2.45) is 18.9 Å². The molecule has 1 aromatic rings. The highest BCUT2D eigenvalue weighted by atomic mass is 16.1. The Morgan fingerprint density at radius 3 is 2.57 bits per heavy atom. The predicted molar refractivity (Wildman–Crippen MR) is 93.4 cm³/mol. The van der Waals surface area contributed by atoms with Crippen LogP contribution in [0.4, 0.5) is 0 Å². The van der Waals surface area contributed by atoms with Gasteiger partial charge in [-0.3, -0.25) is 9.48 Å². The van der Waals surface area contributed by atoms with Crippen LogP contribution >= 0.6 is 0 Å². The summed E-state index contributed by atoms with van der Waals surface area (Å²) in [6, 6.07) is 0.143. The first kappa shape index (κ1) is 18.0. The number of nitrogens with one attached hydrogen (secondary N) is 2. The molecule has 2 rings (SSSR count). The lowest BCUT2D eigenvalue weighted by Crippen LogP contribution is -2.37. The van der Waals surface area contributed by atoms with Gasteiger partial charge in [-0.1, -0.05) is 6.92 Å². The van der Waals surface area contributed by atoms with Crippen LogP contribution in [0.25, 0.3) is 0 Å². The van der Waals surface area contributed by atoms with Crippen LogP contribution in [0.2, 0.25) is 0 Å². The lowest BCUT2D eigenvalue weighted by molar-refractivity contribution is -0.122. The topological polar surface area (TPSA) is 59.0 Å². The zero-order valence-electron chi connectivity index (χ0n) is 15.3. The van der Waals surface area contributed by atoms with Gasteiger partial charge in [0.05, 0.1) is 5.69 Å². The van der Waals surface area contributed by atoms with Crippen LogP contribution in [0.1, 0.15) is 50.1 Å². The Kier molecular flexibility index (Phi) is 6.22. The van der Waals surface area contributed by atoms with Gasteiger partial charge >= 0.3 is 0 Å². The minimum Gasteiger partial charge on any atom is -0.353 e. The maximum Gasteiger partial charge on any atom is 0.220 e. The van der Waals surface area contributed by atoms with Gasteiger partial charge in [0, 0.05) is 25.2 Å². The lowest BCUT2D eigenvalue weighted by Gasteiger charge is -2.28. The van der Waals surface area contributed by atoms with Crippen molar-refractivity contribution in [1.29, 1.82) is 0 Å². The van der Waals surface area contributed by atoms with Crippen LogP contribution in [0.5, 0.6) is 0 Å². The maximum absolute atomic E-state index is 12.3. The number of aryl methyl sites for hydroxylation is 2. The van der Waals surface area contributed by atoms with Crippen LogP contribution in [-0.2, 0) is 18.3 Å². The minimum atomic E-state index is 0.143.